The fourth-order valence-corrected chi connectivity index (χ4v) is 2.16. The summed E-state index contributed by atoms with van der Waals surface area (Å²) in [4.78, 5) is 34.8. The average Bonchev–Trinajstić information content (AvgIpc) is 2.89. The van der Waals surface area contributed by atoms with Crippen LogP contribution in [-0.2, 0) is 14.3 Å². The molecule has 1 aromatic rings. The lowest BCUT2D eigenvalue weighted by Crippen LogP contribution is -2.44. The molecule has 3 amide bonds. The lowest BCUT2D eigenvalue weighted by atomic mass is 10.2. The number of ether oxygens (including phenoxy) is 3. The Balaban J connectivity index is 1.79. The molecule has 1 heterocycles. The number of amides is 3. The van der Waals surface area contributed by atoms with Crippen molar-refractivity contribution in [1.29, 1.82) is 0 Å². The monoisotopic (exact) mass is 376 g/mol. The molecule has 1 aliphatic rings. The predicted molar refractivity (Wildman–Crippen MR) is 98.5 cm³/mol. The summed E-state index contributed by atoms with van der Waals surface area (Å²) in [5.74, 6) is -0.109. The van der Waals surface area contributed by atoms with Crippen LogP contribution in [0.5, 0.6) is 11.5 Å². The van der Waals surface area contributed by atoms with Crippen LogP contribution in [0, 0.1) is 0 Å². The Morgan fingerprint density at radius 1 is 1.22 bits per heavy atom. The summed E-state index contributed by atoms with van der Waals surface area (Å²) < 4.78 is 15.9. The van der Waals surface area contributed by atoms with Gasteiger partial charge in [-0.15, -0.1) is 0 Å². The third kappa shape index (κ3) is 7.01. The smallest absolute Gasteiger partial charge is 0.331 e. The van der Waals surface area contributed by atoms with E-state index in [0.717, 1.165) is 18.4 Å². The van der Waals surface area contributed by atoms with Gasteiger partial charge in [-0.2, -0.15) is 0 Å². The molecular weight excluding hydrogens is 352 g/mol. The molecule has 1 aromatic carbocycles. The van der Waals surface area contributed by atoms with Crippen molar-refractivity contribution in [2.45, 2.75) is 32.7 Å². The van der Waals surface area contributed by atoms with Crippen LogP contribution in [-0.4, -0.2) is 43.8 Å². The highest BCUT2D eigenvalue weighted by atomic mass is 16.5. The van der Waals surface area contributed by atoms with Crippen molar-refractivity contribution in [3.8, 4) is 11.5 Å². The highest BCUT2D eigenvalue weighted by Crippen LogP contribution is 2.30. The van der Waals surface area contributed by atoms with Crippen molar-refractivity contribution in [1.82, 2.24) is 10.6 Å². The molecular formula is C19H24N2O6. The molecule has 0 aromatic heterocycles. The van der Waals surface area contributed by atoms with Crippen LogP contribution in [0.1, 0.15) is 32.3 Å². The quantitative estimate of drug-likeness (QED) is 0.582. The zero-order chi connectivity index (χ0) is 19.6. The summed E-state index contributed by atoms with van der Waals surface area (Å²) in [6.07, 6.45) is 4.29. The van der Waals surface area contributed by atoms with Crippen molar-refractivity contribution >= 4 is 24.0 Å². The Morgan fingerprint density at radius 3 is 2.70 bits per heavy atom. The molecule has 0 aliphatic carbocycles. The van der Waals surface area contributed by atoms with Crippen LogP contribution < -0.4 is 20.1 Å². The van der Waals surface area contributed by atoms with Crippen molar-refractivity contribution < 1.29 is 28.6 Å². The zero-order valence-corrected chi connectivity index (χ0v) is 15.4. The van der Waals surface area contributed by atoms with E-state index in [1.54, 1.807) is 24.3 Å². The molecule has 146 valence electrons. The number of hydrogen-bond donors (Lipinski definition) is 2. The Bertz CT molecular complexity index is 716. The summed E-state index contributed by atoms with van der Waals surface area (Å²) in [6.45, 7) is 4.35. The van der Waals surface area contributed by atoms with Gasteiger partial charge in [0.2, 0.25) is 0 Å². The maximum Gasteiger partial charge on any atom is 0.331 e. The van der Waals surface area contributed by atoms with Gasteiger partial charge >= 0.3 is 12.0 Å². The minimum absolute atomic E-state index is 0.0569. The fourth-order valence-electron chi connectivity index (χ4n) is 2.16. The van der Waals surface area contributed by atoms with Gasteiger partial charge in [0, 0.05) is 18.5 Å². The molecule has 0 fully saturated rings. The minimum Gasteiger partial charge on any atom is -0.490 e. The molecule has 2 N–H and O–H groups in total. The van der Waals surface area contributed by atoms with Gasteiger partial charge < -0.3 is 19.5 Å². The molecule has 0 saturated carbocycles. The lowest BCUT2D eigenvalue weighted by molar-refractivity contribution is -0.143. The van der Waals surface area contributed by atoms with E-state index in [2.05, 4.69) is 10.6 Å². The number of urea groups is 1. The van der Waals surface area contributed by atoms with E-state index in [9.17, 15) is 14.4 Å². The average molecular weight is 376 g/mol. The van der Waals surface area contributed by atoms with Gasteiger partial charge in [-0.1, -0.05) is 13.0 Å². The number of carbonyl (C=O) groups excluding carboxylic acids is 3. The first-order valence-corrected chi connectivity index (χ1v) is 8.82. The summed E-state index contributed by atoms with van der Waals surface area (Å²) in [7, 11) is 0. The van der Waals surface area contributed by atoms with E-state index in [0.29, 0.717) is 24.7 Å². The van der Waals surface area contributed by atoms with E-state index in [-0.39, 0.29) is 6.04 Å². The molecule has 27 heavy (non-hydrogen) atoms. The number of carbonyl (C=O) groups is 3. The van der Waals surface area contributed by atoms with Gasteiger partial charge in [0.25, 0.3) is 5.91 Å². The van der Waals surface area contributed by atoms with E-state index in [1.807, 2.05) is 13.8 Å². The molecule has 8 heteroatoms. The number of nitrogens with one attached hydrogen (secondary N) is 2. The summed E-state index contributed by atoms with van der Waals surface area (Å²) in [5.41, 5.74) is 0.730. The van der Waals surface area contributed by atoms with Crippen molar-refractivity contribution in [3.05, 3.63) is 29.8 Å². The Labute approximate surface area is 157 Å². The standard InChI is InChI=1S/C19H24N2O6/c1-3-13(2)20-19(24)21-17(22)12-27-18(23)8-6-14-5-7-15-16(11-14)26-10-4-9-25-15/h5-8,11,13H,3-4,9-10,12H2,1-2H3,(H2,20,21,22,24)/b8-6+/t13-/m1/s1. The number of benzene rings is 1. The van der Waals surface area contributed by atoms with E-state index < -0.39 is 24.5 Å². The van der Waals surface area contributed by atoms with Crippen LogP contribution in [0.3, 0.4) is 0 Å². The summed E-state index contributed by atoms with van der Waals surface area (Å²) >= 11 is 0. The second-order valence-corrected chi connectivity index (χ2v) is 6.03. The third-order valence-corrected chi connectivity index (χ3v) is 3.77. The molecule has 0 spiro atoms. The predicted octanol–water partition coefficient (Wildman–Crippen LogP) is 2.03. The number of imide groups is 1. The van der Waals surface area contributed by atoms with Crippen LogP contribution in [0.4, 0.5) is 4.79 Å². The molecule has 8 nitrogen and oxygen atoms in total. The first kappa shape index (κ1) is 20.3. The van der Waals surface area contributed by atoms with Crippen molar-refractivity contribution in [2.24, 2.45) is 0 Å². The summed E-state index contributed by atoms with van der Waals surface area (Å²) in [5, 5.41) is 4.67. The lowest BCUT2D eigenvalue weighted by Gasteiger charge is -2.11. The maximum absolute atomic E-state index is 11.7. The van der Waals surface area contributed by atoms with Crippen LogP contribution >= 0.6 is 0 Å². The Kier molecular flexibility index (Phi) is 7.66. The third-order valence-electron chi connectivity index (χ3n) is 3.77. The number of rotatable bonds is 6. The van der Waals surface area contributed by atoms with Gasteiger partial charge in [0.05, 0.1) is 13.2 Å². The first-order chi connectivity index (χ1) is 13.0. The van der Waals surface area contributed by atoms with Crippen molar-refractivity contribution in [2.75, 3.05) is 19.8 Å². The van der Waals surface area contributed by atoms with E-state index >= 15 is 0 Å². The van der Waals surface area contributed by atoms with Crippen LogP contribution in [0.2, 0.25) is 0 Å². The largest absolute Gasteiger partial charge is 0.490 e. The van der Waals surface area contributed by atoms with Gasteiger partial charge in [-0.05, 0) is 37.1 Å². The highest BCUT2D eigenvalue weighted by Gasteiger charge is 2.12. The molecule has 0 radical (unpaired) electrons. The second kappa shape index (κ2) is 10.2. The topological polar surface area (TPSA) is 103 Å². The van der Waals surface area contributed by atoms with Gasteiger partial charge in [-0.25, -0.2) is 9.59 Å². The molecule has 0 unspecified atom stereocenters. The molecule has 0 saturated heterocycles. The van der Waals surface area contributed by atoms with Crippen molar-refractivity contribution in [3.63, 3.8) is 0 Å². The summed E-state index contributed by atoms with van der Waals surface area (Å²) in [6, 6.07) is 4.64. The molecule has 1 aliphatic heterocycles. The van der Waals surface area contributed by atoms with Gasteiger partial charge in [0.15, 0.2) is 18.1 Å². The number of hydrogen-bond acceptors (Lipinski definition) is 6. The van der Waals surface area contributed by atoms with Gasteiger partial charge in [0.1, 0.15) is 0 Å². The first-order valence-electron chi connectivity index (χ1n) is 8.82. The highest BCUT2D eigenvalue weighted by molar-refractivity contribution is 5.96. The Hall–Kier alpha value is -3.03. The molecule has 1 atom stereocenters. The SMILES string of the molecule is CC[C@@H](C)NC(=O)NC(=O)COC(=O)/C=C/c1ccc2c(c1)OCCCO2. The fraction of sp³-hybridized carbons (Fsp3) is 0.421. The number of fused-ring (bicyclic) bond motifs is 1. The zero-order valence-electron chi connectivity index (χ0n) is 15.4. The maximum atomic E-state index is 11.7. The van der Waals surface area contributed by atoms with E-state index in [1.165, 1.54) is 6.08 Å². The second-order valence-electron chi connectivity index (χ2n) is 6.03. The van der Waals surface area contributed by atoms with Crippen LogP contribution in [0.15, 0.2) is 24.3 Å². The number of esters is 1. The normalized spacial score (nSPS) is 14.1. The van der Waals surface area contributed by atoms with Gasteiger partial charge in [-0.3, -0.25) is 10.1 Å². The van der Waals surface area contributed by atoms with E-state index in [4.69, 9.17) is 14.2 Å². The molecule has 2 rings (SSSR count). The molecule has 0 bridgehead atoms. The van der Waals surface area contributed by atoms with Crippen LogP contribution in [0.25, 0.3) is 6.08 Å². The minimum atomic E-state index is -0.701. The Morgan fingerprint density at radius 2 is 1.96 bits per heavy atom.